The van der Waals surface area contributed by atoms with Crippen molar-refractivity contribution in [2.75, 3.05) is 26.7 Å². The fourth-order valence-electron chi connectivity index (χ4n) is 2.81. The van der Waals surface area contributed by atoms with Crippen LogP contribution in [0.5, 0.6) is 5.75 Å². The number of hydrogen-bond donors (Lipinski definition) is 1. The maximum Gasteiger partial charge on any atom is 0.137 e. The van der Waals surface area contributed by atoms with Crippen molar-refractivity contribution in [2.45, 2.75) is 26.3 Å². The third-order valence-corrected chi connectivity index (χ3v) is 4.23. The molecule has 4 heteroatoms. The summed E-state index contributed by atoms with van der Waals surface area (Å²) in [7, 11) is 1.63. The zero-order valence-corrected chi connectivity index (χ0v) is 12.7. The van der Waals surface area contributed by atoms with Crippen LogP contribution in [0.1, 0.15) is 31.9 Å². The van der Waals surface area contributed by atoms with Gasteiger partial charge in [0.25, 0.3) is 0 Å². The summed E-state index contributed by atoms with van der Waals surface area (Å²) in [6.07, 6.45) is 1.22. The Morgan fingerprint density at radius 3 is 2.68 bits per heavy atom. The van der Waals surface area contributed by atoms with E-state index in [0.717, 1.165) is 13.1 Å². The van der Waals surface area contributed by atoms with Gasteiger partial charge in [0.05, 0.1) is 12.1 Å². The summed E-state index contributed by atoms with van der Waals surface area (Å²) in [6.45, 7) is 7.40. The number of hydrogen-bond acceptors (Lipinski definition) is 3. The van der Waals surface area contributed by atoms with Gasteiger partial charge in [-0.3, -0.25) is 4.90 Å². The average molecular weight is 283 g/mol. The van der Waals surface area contributed by atoms with E-state index in [0.29, 0.717) is 22.7 Å². The monoisotopic (exact) mass is 282 g/mol. The van der Waals surface area contributed by atoms with Crippen molar-refractivity contribution >= 4 is 11.6 Å². The van der Waals surface area contributed by atoms with E-state index in [1.54, 1.807) is 7.11 Å². The molecule has 0 aromatic heterocycles. The molecule has 0 spiro atoms. The molecule has 1 atom stereocenters. The molecule has 0 aliphatic carbocycles. The van der Waals surface area contributed by atoms with E-state index in [-0.39, 0.29) is 6.04 Å². The van der Waals surface area contributed by atoms with Crippen LogP contribution in [-0.4, -0.2) is 31.6 Å². The fourth-order valence-corrected chi connectivity index (χ4v) is 3.07. The largest absolute Gasteiger partial charge is 0.495 e. The third kappa shape index (κ3) is 3.22. The first-order valence-electron chi connectivity index (χ1n) is 6.74. The molecule has 0 saturated carbocycles. The van der Waals surface area contributed by atoms with Crippen LogP contribution < -0.4 is 10.5 Å². The Morgan fingerprint density at radius 1 is 1.47 bits per heavy atom. The van der Waals surface area contributed by atoms with E-state index in [4.69, 9.17) is 22.1 Å². The number of rotatable bonds is 4. The van der Waals surface area contributed by atoms with Crippen LogP contribution in [0, 0.1) is 5.41 Å². The first kappa shape index (κ1) is 14.6. The summed E-state index contributed by atoms with van der Waals surface area (Å²) >= 11 is 6.21. The number of benzene rings is 1. The molecule has 1 aliphatic heterocycles. The van der Waals surface area contributed by atoms with Gasteiger partial charge >= 0.3 is 0 Å². The van der Waals surface area contributed by atoms with Crippen molar-refractivity contribution in [2.24, 2.45) is 11.1 Å². The molecule has 1 aromatic carbocycles. The summed E-state index contributed by atoms with van der Waals surface area (Å²) in [5, 5.41) is 0.650. The maximum atomic E-state index is 6.21. The van der Waals surface area contributed by atoms with Gasteiger partial charge in [0, 0.05) is 19.1 Å². The molecule has 1 heterocycles. The lowest BCUT2D eigenvalue weighted by molar-refractivity contribution is 0.223. The van der Waals surface area contributed by atoms with E-state index < -0.39 is 0 Å². The molecule has 0 amide bonds. The van der Waals surface area contributed by atoms with Crippen molar-refractivity contribution in [1.29, 1.82) is 0 Å². The van der Waals surface area contributed by atoms with Gasteiger partial charge in [-0.2, -0.15) is 0 Å². The summed E-state index contributed by atoms with van der Waals surface area (Å²) in [5.74, 6) is 0.711. The van der Waals surface area contributed by atoms with Crippen LogP contribution in [0.25, 0.3) is 0 Å². The van der Waals surface area contributed by atoms with Crippen LogP contribution >= 0.6 is 11.6 Å². The Morgan fingerprint density at radius 2 is 2.21 bits per heavy atom. The van der Waals surface area contributed by atoms with Crippen LogP contribution in [0.2, 0.25) is 5.02 Å². The quantitative estimate of drug-likeness (QED) is 0.922. The number of nitrogens with zero attached hydrogens (tertiary/aromatic N) is 1. The molecule has 19 heavy (non-hydrogen) atoms. The molecule has 1 aliphatic rings. The highest BCUT2D eigenvalue weighted by Crippen LogP contribution is 2.36. The predicted octanol–water partition coefficient (Wildman–Crippen LogP) is 3.08. The summed E-state index contributed by atoms with van der Waals surface area (Å²) in [6, 6.07) is 6.20. The van der Waals surface area contributed by atoms with E-state index in [9.17, 15) is 0 Å². The standard InChI is InChI=1S/C15H23ClN2O/c1-15(2)6-7-18(10-15)13(9-17)11-4-5-14(19-3)12(16)8-11/h4-5,8,13H,6-7,9-10,17H2,1-3H3. The van der Waals surface area contributed by atoms with E-state index in [1.165, 1.54) is 12.0 Å². The van der Waals surface area contributed by atoms with Crippen molar-refractivity contribution in [3.05, 3.63) is 28.8 Å². The topological polar surface area (TPSA) is 38.5 Å². The second-order valence-corrected chi connectivity index (χ2v) is 6.44. The molecule has 106 valence electrons. The molecular weight excluding hydrogens is 260 g/mol. The van der Waals surface area contributed by atoms with Gasteiger partial charge in [-0.15, -0.1) is 0 Å². The Kier molecular flexibility index (Phi) is 4.39. The molecule has 3 nitrogen and oxygen atoms in total. The number of ether oxygens (including phenoxy) is 1. The van der Waals surface area contributed by atoms with E-state index in [2.05, 4.69) is 24.8 Å². The molecular formula is C15H23ClN2O. The molecule has 2 rings (SSSR count). The second kappa shape index (κ2) is 5.70. The minimum atomic E-state index is 0.241. The molecule has 1 fully saturated rings. The highest BCUT2D eigenvalue weighted by atomic mass is 35.5. The van der Waals surface area contributed by atoms with Crippen LogP contribution in [0.15, 0.2) is 18.2 Å². The lowest BCUT2D eigenvalue weighted by Crippen LogP contribution is -2.33. The third-order valence-electron chi connectivity index (χ3n) is 3.93. The molecule has 1 unspecified atom stereocenters. The van der Waals surface area contributed by atoms with E-state index >= 15 is 0 Å². The Hall–Kier alpha value is -0.770. The Bertz CT molecular complexity index is 448. The number of methoxy groups -OCH3 is 1. The zero-order valence-electron chi connectivity index (χ0n) is 11.9. The summed E-state index contributed by atoms with van der Waals surface area (Å²) in [4.78, 5) is 2.46. The zero-order chi connectivity index (χ0) is 14.0. The first-order chi connectivity index (χ1) is 8.96. The van der Waals surface area contributed by atoms with Crippen molar-refractivity contribution in [3.8, 4) is 5.75 Å². The smallest absolute Gasteiger partial charge is 0.137 e. The summed E-state index contributed by atoms with van der Waals surface area (Å²) < 4.78 is 5.20. The molecule has 2 N–H and O–H groups in total. The lowest BCUT2D eigenvalue weighted by atomic mass is 9.93. The number of nitrogens with two attached hydrogens (primary N) is 1. The predicted molar refractivity (Wildman–Crippen MR) is 79.8 cm³/mol. The van der Waals surface area contributed by atoms with Crippen molar-refractivity contribution in [1.82, 2.24) is 4.90 Å². The minimum Gasteiger partial charge on any atom is -0.495 e. The van der Waals surface area contributed by atoms with Gasteiger partial charge in [0.15, 0.2) is 0 Å². The Labute approximate surface area is 120 Å². The first-order valence-corrected chi connectivity index (χ1v) is 7.12. The van der Waals surface area contributed by atoms with Crippen molar-refractivity contribution < 1.29 is 4.74 Å². The summed E-state index contributed by atoms with van der Waals surface area (Å²) in [5.41, 5.74) is 7.53. The van der Waals surface area contributed by atoms with Gasteiger partial charge in [-0.25, -0.2) is 0 Å². The average Bonchev–Trinajstić information content (AvgIpc) is 2.71. The molecule has 1 saturated heterocycles. The van der Waals surface area contributed by atoms with Gasteiger partial charge in [0.2, 0.25) is 0 Å². The normalized spacial score (nSPS) is 20.5. The molecule has 0 radical (unpaired) electrons. The highest BCUT2D eigenvalue weighted by molar-refractivity contribution is 6.32. The fraction of sp³-hybridized carbons (Fsp3) is 0.600. The van der Waals surface area contributed by atoms with Gasteiger partial charge in [0.1, 0.15) is 5.75 Å². The van der Waals surface area contributed by atoms with Crippen LogP contribution in [0.3, 0.4) is 0 Å². The van der Waals surface area contributed by atoms with Crippen LogP contribution in [-0.2, 0) is 0 Å². The molecule has 0 bridgehead atoms. The number of likely N-dealkylation sites (tertiary alicyclic amines) is 1. The van der Waals surface area contributed by atoms with E-state index in [1.807, 2.05) is 12.1 Å². The maximum absolute atomic E-state index is 6.21. The van der Waals surface area contributed by atoms with Gasteiger partial charge in [-0.1, -0.05) is 31.5 Å². The second-order valence-electron chi connectivity index (χ2n) is 6.03. The molecule has 1 aromatic rings. The SMILES string of the molecule is COc1ccc(C(CN)N2CCC(C)(C)C2)cc1Cl. The highest BCUT2D eigenvalue weighted by Gasteiger charge is 2.33. The van der Waals surface area contributed by atoms with Crippen molar-refractivity contribution in [3.63, 3.8) is 0 Å². The Balaban J connectivity index is 2.20. The lowest BCUT2D eigenvalue weighted by Gasteiger charge is -2.28. The number of halogens is 1. The minimum absolute atomic E-state index is 0.241. The van der Waals surface area contributed by atoms with Gasteiger partial charge < -0.3 is 10.5 Å². The van der Waals surface area contributed by atoms with Gasteiger partial charge in [-0.05, 0) is 36.1 Å². The van der Waals surface area contributed by atoms with Crippen LogP contribution in [0.4, 0.5) is 0 Å².